The molecule has 2 aliphatic rings. The fraction of sp³-hybridized carbons (Fsp3) is 0.500. The monoisotopic (exact) mass is 497 g/mol. The molecular formula is C30H37F2NO3. The average molecular weight is 498 g/mol. The molecule has 0 spiro atoms. The first-order valence-corrected chi connectivity index (χ1v) is 12.9. The molecule has 2 aromatic rings. The third-order valence-electron chi connectivity index (χ3n) is 7.95. The molecule has 3 atom stereocenters. The number of benzene rings is 2. The zero-order valence-electron chi connectivity index (χ0n) is 21.7. The predicted molar refractivity (Wildman–Crippen MR) is 138 cm³/mol. The third-order valence-corrected chi connectivity index (χ3v) is 7.95. The highest BCUT2D eigenvalue weighted by Gasteiger charge is 2.45. The van der Waals surface area contributed by atoms with Crippen molar-refractivity contribution in [2.45, 2.75) is 76.7 Å². The quantitative estimate of drug-likeness (QED) is 0.402. The van der Waals surface area contributed by atoms with Gasteiger partial charge in [0.25, 0.3) is 5.92 Å². The molecule has 36 heavy (non-hydrogen) atoms. The number of allylic oxidation sites excluding steroid dienone is 1. The molecule has 194 valence electrons. The fourth-order valence-electron chi connectivity index (χ4n) is 5.72. The lowest BCUT2D eigenvalue weighted by Gasteiger charge is -2.44. The first-order valence-electron chi connectivity index (χ1n) is 12.9. The SMILES string of the molecule is COc1ccc(NC2=C(C(=O)O[C@@H]3C[C@H](C)CC[C@H]3C(C)(C)c3ccccc3)CCCC2(F)F)cc1. The summed E-state index contributed by atoms with van der Waals surface area (Å²) >= 11 is 0. The number of carbonyl (C=O) groups is 1. The molecule has 0 bridgehead atoms. The van der Waals surface area contributed by atoms with Gasteiger partial charge in [0.2, 0.25) is 0 Å². The van der Waals surface area contributed by atoms with Crippen LogP contribution in [0.1, 0.15) is 64.9 Å². The van der Waals surface area contributed by atoms with Crippen molar-refractivity contribution in [1.82, 2.24) is 0 Å². The second-order valence-electron chi connectivity index (χ2n) is 10.8. The number of halogens is 2. The van der Waals surface area contributed by atoms with E-state index in [-0.39, 0.29) is 48.0 Å². The number of anilines is 1. The van der Waals surface area contributed by atoms with E-state index in [0.29, 0.717) is 17.4 Å². The first-order chi connectivity index (χ1) is 17.1. The van der Waals surface area contributed by atoms with Crippen molar-refractivity contribution in [2.75, 3.05) is 12.4 Å². The summed E-state index contributed by atoms with van der Waals surface area (Å²) < 4.78 is 41.5. The summed E-state index contributed by atoms with van der Waals surface area (Å²) in [5, 5.41) is 2.84. The number of ether oxygens (including phenoxy) is 2. The number of nitrogens with one attached hydrogen (secondary N) is 1. The maximum absolute atomic E-state index is 15.1. The largest absolute Gasteiger partial charge is 0.497 e. The highest BCUT2D eigenvalue weighted by Crippen LogP contribution is 2.45. The van der Waals surface area contributed by atoms with Crippen LogP contribution in [0.5, 0.6) is 5.75 Å². The molecule has 2 aliphatic carbocycles. The number of hydrogen-bond acceptors (Lipinski definition) is 4. The zero-order chi connectivity index (χ0) is 25.9. The van der Waals surface area contributed by atoms with Crippen LogP contribution in [0.3, 0.4) is 0 Å². The smallest absolute Gasteiger partial charge is 0.336 e. The van der Waals surface area contributed by atoms with Crippen molar-refractivity contribution in [3.05, 3.63) is 71.4 Å². The van der Waals surface area contributed by atoms with Gasteiger partial charge in [0.1, 0.15) is 11.9 Å². The van der Waals surface area contributed by atoms with Gasteiger partial charge in [-0.2, -0.15) is 8.78 Å². The molecule has 2 aromatic carbocycles. The molecule has 0 radical (unpaired) electrons. The van der Waals surface area contributed by atoms with Gasteiger partial charge in [-0.25, -0.2) is 4.79 Å². The van der Waals surface area contributed by atoms with E-state index in [1.54, 1.807) is 31.4 Å². The molecule has 0 unspecified atom stereocenters. The summed E-state index contributed by atoms with van der Waals surface area (Å²) in [6.07, 6.45) is 2.59. The number of alkyl halides is 2. The first kappa shape index (κ1) is 26.2. The van der Waals surface area contributed by atoms with Gasteiger partial charge in [-0.1, -0.05) is 57.5 Å². The molecule has 6 heteroatoms. The molecule has 1 fully saturated rings. The standard InChI is InChI=1S/C30H37F2NO3/c1-20-12-17-25(29(2,3)21-9-6-5-7-10-21)26(19-20)36-28(34)24-11-8-18-30(31,32)27(24)33-22-13-15-23(35-4)16-14-22/h5-7,9-10,13-16,20,25-26,33H,8,11-12,17-19H2,1-4H3/t20-,25-,26-/m1/s1. The Kier molecular flexibility index (Phi) is 7.72. The predicted octanol–water partition coefficient (Wildman–Crippen LogP) is 7.51. The van der Waals surface area contributed by atoms with Crippen LogP contribution in [-0.4, -0.2) is 25.1 Å². The highest BCUT2D eigenvalue weighted by atomic mass is 19.3. The van der Waals surface area contributed by atoms with Gasteiger partial charge in [-0.05, 0) is 66.8 Å². The molecule has 0 heterocycles. The van der Waals surface area contributed by atoms with E-state index in [2.05, 4.69) is 38.2 Å². The van der Waals surface area contributed by atoms with E-state index in [1.807, 2.05) is 18.2 Å². The van der Waals surface area contributed by atoms with Crippen molar-refractivity contribution in [2.24, 2.45) is 11.8 Å². The minimum atomic E-state index is -3.13. The Balaban J connectivity index is 1.61. The lowest BCUT2D eigenvalue weighted by molar-refractivity contribution is -0.152. The van der Waals surface area contributed by atoms with Gasteiger partial charge < -0.3 is 14.8 Å². The van der Waals surface area contributed by atoms with Crippen molar-refractivity contribution in [3.8, 4) is 5.75 Å². The third kappa shape index (κ3) is 5.58. The number of rotatable bonds is 7. The van der Waals surface area contributed by atoms with Crippen molar-refractivity contribution >= 4 is 11.7 Å². The zero-order valence-corrected chi connectivity index (χ0v) is 21.7. The van der Waals surface area contributed by atoms with Gasteiger partial charge in [-0.15, -0.1) is 0 Å². The van der Waals surface area contributed by atoms with Gasteiger partial charge in [0.05, 0.1) is 18.4 Å². The average Bonchev–Trinajstić information content (AvgIpc) is 2.86. The van der Waals surface area contributed by atoms with Crippen molar-refractivity contribution in [1.29, 1.82) is 0 Å². The Labute approximate surface area is 213 Å². The van der Waals surface area contributed by atoms with E-state index in [1.165, 1.54) is 5.56 Å². The van der Waals surface area contributed by atoms with E-state index >= 15 is 8.78 Å². The summed E-state index contributed by atoms with van der Waals surface area (Å²) in [5.41, 5.74) is 1.16. The molecular weight excluding hydrogens is 460 g/mol. The van der Waals surface area contributed by atoms with Crippen LogP contribution >= 0.6 is 0 Å². The van der Waals surface area contributed by atoms with E-state index in [9.17, 15) is 4.79 Å². The summed E-state index contributed by atoms with van der Waals surface area (Å²) in [6, 6.07) is 17.0. The van der Waals surface area contributed by atoms with E-state index in [4.69, 9.17) is 9.47 Å². The maximum Gasteiger partial charge on any atom is 0.336 e. The summed E-state index contributed by atoms with van der Waals surface area (Å²) in [4.78, 5) is 13.5. The molecule has 1 saturated carbocycles. The molecule has 0 saturated heterocycles. The van der Waals surface area contributed by atoms with Crippen LogP contribution < -0.4 is 10.1 Å². The lowest BCUT2D eigenvalue weighted by atomic mass is 9.64. The van der Waals surface area contributed by atoms with Crippen LogP contribution in [0, 0.1) is 11.8 Å². The topological polar surface area (TPSA) is 47.6 Å². The van der Waals surface area contributed by atoms with Crippen molar-refractivity contribution in [3.63, 3.8) is 0 Å². The summed E-state index contributed by atoms with van der Waals surface area (Å²) in [6.45, 7) is 6.54. The summed E-state index contributed by atoms with van der Waals surface area (Å²) in [7, 11) is 1.55. The second-order valence-corrected chi connectivity index (χ2v) is 10.8. The van der Waals surface area contributed by atoms with E-state index < -0.39 is 11.9 Å². The Morgan fingerprint density at radius 2 is 1.75 bits per heavy atom. The van der Waals surface area contributed by atoms with Crippen LogP contribution in [0.4, 0.5) is 14.5 Å². The molecule has 0 aliphatic heterocycles. The van der Waals surface area contributed by atoms with E-state index in [0.717, 1.165) is 19.3 Å². The Morgan fingerprint density at radius 1 is 1.06 bits per heavy atom. The summed E-state index contributed by atoms with van der Waals surface area (Å²) in [5.74, 6) is -2.62. The highest BCUT2D eigenvalue weighted by molar-refractivity contribution is 5.91. The fourth-order valence-corrected chi connectivity index (χ4v) is 5.72. The molecule has 4 rings (SSSR count). The minimum absolute atomic E-state index is 0.0524. The minimum Gasteiger partial charge on any atom is -0.497 e. The maximum atomic E-state index is 15.1. The van der Waals surface area contributed by atoms with Gasteiger partial charge in [-0.3, -0.25) is 0 Å². The van der Waals surface area contributed by atoms with Gasteiger partial charge in [0.15, 0.2) is 0 Å². The number of methoxy groups -OCH3 is 1. The Morgan fingerprint density at radius 3 is 2.42 bits per heavy atom. The Bertz CT molecular complexity index is 1080. The normalized spacial score (nSPS) is 24.2. The van der Waals surface area contributed by atoms with Gasteiger partial charge >= 0.3 is 5.97 Å². The van der Waals surface area contributed by atoms with Crippen LogP contribution in [0.2, 0.25) is 0 Å². The number of esters is 1. The molecule has 0 amide bonds. The van der Waals surface area contributed by atoms with Crippen LogP contribution in [0.15, 0.2) is 65.9 Å². The lowest BCUT2D eigenvalue weighted by Crippen LogP contribution is -2.44. The van der Waals surface area contributed by atoms with Crippen LogP contribution in [0.25, 0.3) is 0 Å². The van der Waals surface area contributed by atoms with Crippen LogP contribution in [-0.2, 0) is 14.9 Å². The van der Waals surface area contributed by atoms with Crippen molar-refractivity contribution < 1.29 is 23.0 Å². The molecule has 0 aromatic heterocycles. The Hall–Kier alpha value is -2.89. The molecule has 4 nitrogen and oxygen atoms in total. The van der Waals surface area contributed by atoms with Gasteiger partial charge in [0, 0.05) is 18.0 Å². The number of hydrogen-bond donors (Lipinski definition) is 1. The second kappa shape index (κ2) is 10.6. The number of carbonyl (C=O) groups excluding carboxylic acids is 1. The molecule has 1 N–H and O–H groups in total.